The largest absolute Gasteiger partial charge is 0.497 e. The van der Waals surface area contributed by atoms with Crippen LogP contribution >= 0.6 is 0 Å². The van der Waals surface area contributed by atoms with E-state index in [2.05, 4.69) is 4.98 Å². The van der Waals surface area contributed by atoms with Crippen molar-refractivity contribution < 1.29 is 4.74 Å². The summed E-state index contributed by atoms with van der Waals surface area (Å²) in [5, 5.41) is 0.567. The van der Waals surface area contributed by atoms with E-state index in [-0.39, 0.29) is 5.56 Å². The maximum absolute atomic E-state index is 12.4. The average Bonchev–Trinajstić information content (AvgIpc) is 2.40. The molecule has 0 N–H and O–H groups in total. The van der Waals surface area contributed by atoms with E-state index in [1.165, 1.54) is 0 Å². The number of benzene rings is 1. The molecule has 0 saturated carbocycles. The highest BCUT2D eigenvalue weighted by Gasteiger charge is 2.06. The van der Waals surface area contributed by atoms with Gasteiger partial charge in [0.15, 0.2) is 0 Å². The normalized spacial score (nSPS) is 11.0. The monoisotopic (exact) mass is 240 g/mol. The predicted octanol–water partition coefficient (Wildman–Crippen LogP) is 2.16. The molecule has 0 aliphatic heterocycles. The van der Waals surface area contributed by atoms with Crippen LogP contribution in [0.4, 0.5) is 0 Å². The van der Waals surface area contributed by atoms with E-state index in [1.54, 1.807) is 35.9 Å². The molecule has 2 aromatic heterocycles. The summed E-state index contributed by atoms with van der Waals surface area (Å²) in [6.07, 6.45) is 1.80. The van der Waals surface area contributed by atoms with Crippen molar-refractivity contribution >= 4 is 16.6 Å². The molecular formula is C14H12N2O2. The van der Waals surface area contributed by atoms with Crippen molar-refractivity contribution in [2.75, 3.05) is 7.11 Å². The second-order valence-electron chi connectivity index (χ2n) is 4.23. The molecule has 0 radical (unpaired) electrons. The molecule has 1 aromatic carbocycles. The van der Waals surface area contributed by atoms with Crippen molar-refractivity contribution in [3.05, 3.63) is 52.4 Å². The number of methoxy groups -OCH3 is 1. The first-order valence-electron chi connectivity index (χ1n) is 5.66. The highest BCUT2D eigenvalue weighted by Crippen LogP contribution is 2.17. The third kappa shape index (κ3) is 1.54. The lowest BCUT2D eigenvalue weighted by molar-refractivity contribution is 0.415. The molecule has 0 bridgehead atoms. The summed E-state index contributed by atoms with van der Waals surface area (Å²) < 4.78 is 6.70. The molecule has 3 rings (SSSR count). The van der Waals surface area contributed by atoms with Crippen molar-refractivity contribution in [1.29, 1.82) is 0 Å². The van der Waals surface area contributed by atoms with Crippen molar-refractivity contribution in [1.82, 2.24) is 9.38 Å². The molecule has 0 fully saturated rings. The van der Waals surface area contributed by atoms with Crippen LogP contribution in [0.25, 0.3) is 16.6 Å². The molecule has 90 valence electrons. The van der Waals surface area contributed by atoms with Crippen LogP contribution in [-0.2, 0) is 0 Å². The zero-order chi connectivity index (χ0) is 12.7. The van der Waals surface area contributed by atoms with Gasteiger partial charge < -0.3 is 4.74 Å². The van der Waals surface area contributed by atoms with Gasteiger partial charge in [0.1, 0.15) is 11.4 Å². The van der Waals surface area contributed by atoms with Gasteiger partial charge in [-0.25, -0.2) is 4.98 Å². The van der Waals surface area contributed by atoms with Gasteiger partial charge >= 0.3 is 0 Å². The lowest BCUT2D eigenvalue weighted by atomic mass is 10.2. The first-order chi connectivity index (χ1) is 8.69. The molecule has 0 atom stereocenters. The molecule has 0 aliphatic rings. The minimum Gasteiger partial charge on any atom is -0.497 e. The number of rotatable bonds is 1. The SMILES string of the molecule is COc1ccc2nc3ccc(C)cn3c(=O)c2c1. The molecular weight excluding hydrogens is 228 g/mol. The molecule has 3 aromatic rings. The summed E-state index contributed by atoms with van der Waals surface area (Å²) in [4.78, 5) is 16.8. The van der Waals surface area contributed by atoms with Crippen molar-refractivity contribution in [3.8, 4) is 5.75 Å². The first kappa shape index (κ1) is 10.8. The van der Waals surface area contributed by atoms with Gasteiger partial charge in [0.25, 0.3) is 5.56 Å². The fourth-order valence-corrected chi connectivity index (χ4v) is 2.02. The number of ether oxygens (including phenoxy) is 1. The summed E-state index contributed by atoms with van der Waals surface area (Å²) in [6, 6.07) is 9.12. The summed E-state index contributed by atoms with van der Waals surface area (Å²) >= 11 is 0. The maximum atomic E-state index is 12.4. The van der Waals surface area contributed by atoms with Gasteiger partial charge in [-0.3, -0.25) is 9.20 Å². The van der Waals surface area contributed by atoms with Crippen LogP contribution in [-0.4, -0.2) is 16.5 Å². The lowest BCUT2D eigenvalue weighted by Crippen LogP contribution is -2.15. The highest BCUT2D eigenvalue weighted by molar-refractivity contribution is 5.81. The number of aromatic nitrogens is 2. The third-order valence-electron chi connectivity index (χ3n) is 2.96. The molecule has 4 heteroatoms. The molecule has 0 saturated heterocycles. The van der Waals surface area contributed by atoms with E-state index in [0.29, 0.717) is 22.3 Å². The van der Waals surface area contributed by atoms with E-state index in [9.17, 15) is 4.79 Å². The van der Waals surface area contributed by atoms with Crippen molar-refractivity contribution in [3.63, 3.8) is 0 Å². The van der Waals surface area contributed by atoms with E-state index < -0.39 is 0 Å². The Balaban J connectivity index is 2.49. The topological polar surface area (TPSA) is 43.6 Å². The number of hydrogen-bond donors (Lipinski definition) is 0. The summed E-state index contributed by atoms with van der Waals surface area (Å²) in [7, 11) is 1.58. The van der Waals surface area contributed by atoms with Gasteiger partial charge in [0.2, 0.25) is 0 Å². The Morgan fingerprint density at radius 1 is 1.22 bits per heavy atom. The average molecular weight is 240 g/mol. The van der Waals surface area contributed by atoms with Crippen LogP contribution in [0.1, 0.15) is 5.56 Å². The number of fused-ring (bicyclic) bond motifs is 2. The Morgan fingerprint density at radius 3 is 2.83 bits per heavy atom. The minimum atomic E-state index is -0.0717. The van der Waals surface area contributed by atoms with Crippen LogP contribution in [0.5, 0.6) is 5.75 Å². The number of nitrogens with zero attached hydrogens (tertiary/aromatic N) is 2. The second kappa shape index (κ2) is 3.84. The van der Waals surface area contributed by atoms with Gasteiger partial charge in [-0.15, -0.1) is 0 Å². The van der Waals surface area contributed by atoms with Crippen LogP contribution in [0.15, 0.2) is 41.3 Å². The molecule has 4 nitrogen and oxygen atoms in total. The van der Waals surface area contributed by atoms with E-state index in [4.69, 9.17) is 4.74 Å². The molecule has 0 unspecified atom stereocenters. The van der Waals surface area contributed by atoms with Crippen LogP contribution in [0, 0.1) is 6.92 Å². The van der Waals surface area contributed by atoms with Gasteiger partial charge in [0.05, 0.1) is 18.0 Å². The molecule has 18 heavy (non-hydrogen) atoms. The summed E-state index contributed by atoms with van der Waals surface area (Å²) in [5.41, 5.74) is 2.29. The zero-order valence-corrected chi connectivity index (χ0v) is 10.2. The highest BCUT2D eigenvalue weighted by atomic mass is 16.5. The molecule has 0 amide bonds. The molecule has 0 spiro atoms. The Bertz CT molecular complexity index is 806. The Kier molecular flexibility index (Phi) is 2.30. The quantitative estimate of drug-likeness (QED) is 0.612. The van der Waals surface area contributed by atoms with Gasteiger partial charge in [-0.05, 0) is 36.8 Å². The van der Waals surface area contributed by atoms with Gasteiger partial charge in [0, 0.05) is 6.20 Å². The standard InChI is InChI=1S/C14H12N2O2/c1-9-3-6-13-15-12-5-4-10(18-2)7-11(12)14(17)16(13)8-9/h3-8H,1-2H3. The fraction of sp³-hybridized carbons (Fsp3) is 0.143. The Labute approximate surface area is 103 Å². The van der Waals surface area contributed by atoms with Crippen LogP contribution < -0.4 is 10.3 Å². The minimum absolute atomic E-state index is 0.0717. The molecule has 2 heterocycles. The van der Waals surface area contributed by atoms with Crippen molar-refractivity contribution in [2.24, 2.45) is 0 Å². The Morgan fingerprint density at radius 2 is 2.06 bits per heavy atom. The Hall–Kier alpha value is -2.36. The lowest BCUT2D eigenvalue weighted by Gasteiger charge is -2.05. The van der Waals surface area contributed by atoms with Gasteiger partial charge in [-0.2, -0.15) is 0 Å². The maximum Gasteiger partial charge on any atom is 0.265 e. The second-order valence-corrected chi connectivity index (χ2v) is 4.23. The fourth-order valence-electron chi connectivity index (χ4n) is 2.02. The van der Waals surface area contributed by atoms with E-state index in [0.717, 1.165) is 5.56 Å². The third-order valence-corrected chi connectivity index (χ3v) is 2.96. The van der Waals surface area contributed by atoms with E-state index in [1.807, 2.05) is 19.1 Å². The summed E-state index contributed by atoms with van der Waals surface area (Å²) in [5.74, 6) is 0.661. The number of aryl methyl sites for hydroxylation is 1. The number of pyridine rings is 1. The summed E-state index contributed by atoms with van der Waals surface area (Å²) in [6.45, 7) is 1.95. The first-order valence-corrected chi connectivity index (χ1v) is 5.66. The van der Waals surface area contributed by atoms with E-state index >= 15 is 0 Å². The number of hydrogen-bond acceptors (Lipinski definition) is 3. The van der Waals surface area contributed by atoms with Crippen LogP contribution in [0.2, 0.25) is 0 Å². The van der Waals surface area contributed by atoms with Gasteiger partial charge in [-0.1, -0.05) is 6.07 Å². The van der Waals surface area contributed by atoms with Crippen molar-refractivity contribution in [2.45, 2.75) is 6.92 Å². The molecule has 0 aliphatic carbocycles. The van der Waals surface area contributed by atoms with Crippen LogP contribution in [0.3, 0.4) is 0 Å². The zero-order valence-electron chi connectivity index (χ0n) is 10.2. The predicted molar refractivity (Wildman–Crippen MR) is 70.3 cm³/mol. The smallest absolute Gasteiger partial charge is 0.265 e.